The lowest BCUT2D eigenvalue weighted by Crippen LogP contribution is -2.13. The molecule has 1 atom stereocenters. The molecular formula is C14H22ClNO3. The lowest BCUT2D eigenvalue weighted by atomic mass is 9.99. The van der Waals surface area contributed by atoms with E-state index in [0.717, 1.165) is 11.1 Å². The zero-order valence-corrected chi connectivity index (χ0v) is 12.7. The molecule has 0 aliphatic heterocycles. The van der Waals surface area contributed by atoms with Crippen LogP contribution in [0.2, 0.25) is 0 Å². The zero-order chi connectivity index (χ0) is 13.7. The van der Waals surface area contributed by atoms with E-state index in [1.807, 2.05) is 6.92 Å². The highest BCUT2D eigenvalue weighted by Gasteiger charge is 2.19. The first kappa shape index (κ1) is 17.6. The fourth-order valence-electron chi connectivity index (χ4n) is 1.88. The molecule has 108 valence electrons. The van der Waals surface area contributed by atoms with E-state index < -0.39 is 0 Å². The predicted molar refractivity (Wildman–Crippen MR) is 79.7 cm³/mol. The van der Waals surface area contributed by atoms with Gasteiger partial charge in [-0.25, -0.2) is 0 Å². The van der Waals surface area contributed by atoms with Crippen LogP contribution < -0.4 is 19.9 Å². The summed E-state index contributed by atoms with van der Waals surface area (Å²) in [5, 5.41) is 0. The number of halogens is 1. The van der Waals surface area contributed by atoms with E-state index >= 15 is 0 Å². The van der Waals surface area contributed by atoms with E-state index in [4.69, 9.17) is 19.9 Å². The summed E-state index contributed by atoms with van der Waals surface area (Å²) in [6, 6.07) is 3.39. The van der Waals surface area contributed by atoms with Crippen molar-refractivity contribution >= 4 is 12.4 Å². The van der Waals surface area contributed by atoms with Crippen molar-refractivity contribution in [3.05, 3.63) is 29.8 Å². The normalized spacial score (nSPS) is 11.2. The number of hydrogen-bond donors (Lipinski definition) is 1. The molecule has 2 N–H and O–H groups in total. The van der Waals surface area contributed by atoms with E-state index in [2.05, 4.69) is 6.58 Å². The highest BCUT2D eigenvalue weighted by atomic mass is 35.5. The smallest absolute Gasteiger partial charge is 0.131 e. The van der Waals surface area contributed by atoms with Crippen LogP contribution in [-0.4, -0.2) is 21.3 Å². The second-order valence-corrected chi connectivity index (χ2v) is 4.21. The minimum Gasteiger partial charge on any atom is -0.496 e. The third-order valence-corrected chi connectivity index (χ3v) is 2.69. The third kappa shape index (κ3) is 4.33. The molecule has 1 aromatic rings. The molecule has 0 saturated carbocycles. The second-order valence-electron chi connectivity index (χ2n) is 4.21. The van der Waals surface area contributed by atoms with E-state index in [9.17, 15) is 0 Å². The van der Waals surface area contributed by atoms with Crippen molar-refractivity contribution in [3.8, 4) is 17.2 Å². The molecule has 0 fully saturated rings. The van der Waals surface area contributed by atoms with Gasteiger partial charge >= 0.3 is 0 Å². The predicted octanol–water partition coefficient (Wildman–Crippen LogP) is 3.10. The van der Waals surface area contributed by atoms with Gasteiger partial charge in [-0.05, 0) is 13.3 Å². The Balaban J connectivity index is 0.00000324. The third-order valence-electron chi connectivity index (χ3n) is 2.69. The lowest BCUT2D eigenvalue weighted by Gasteiger charge is -2.20. The van der Waals surface area contributed by atoms with Gasteiger partial charge in [0.1, 0.15) is 17.2 Å². The molecule has 0 aromatic heterocycles. The number of benzene rings is 1. The summed E-state index contributed by atoms with van der Waals surface area (Å²) < 4.78 is 15.9. The Kier molecular flexibility index (Phi) is 7.34. The number of rotatable bonds is 6. The van der Waals surface area contributed by atoms with Crippen molar-refractivity contribution in [1.82, 2.24) is 0 Å². The van der Waals surface area contributed by atoms with Crippen LogP contribution in [0.5, 0.6) is 17.2 Å². The van der Waals surface area contributed by atoms with Crippen LogP contribution in [0.3, 0.4) is 0 Å². The molecule has 0 unspecified atom stereocenters. The largest absolute Gasteiger partial charge is 0.496 e. The Morgan fingerprint density at radius 2 is 1.63 bits per heavy atom. The van der Waals surface area contributed by atoms with Crippen LogP contribution in [-0.2, 0) is 0 Å². The fourth-order valence-corrected chi connectivity index (χ4v) is 1.88. The van der Waals surface area contributed by atoms with Crippen LogP contribution in [0.25, 0.3) is 0 Å². The van der Waals surface area contributed by atoms with Gasteiger partial charge < -0.3 is 19.9 Å². The van der Waals surface area contributed by atoms with E-state index in [0.29, 0.717) is 23.7 Å². The van der Waals surface area contributed by atoms with Crippen molar-refractivity contribution in [2.24, 2.45) is 5.73 Å². The molecule has 0 saturated heterocycles. The Morgan fingerprint density at radius 3 is 1.95 bits per heavy atom. The highest BCUT2D eigenvalue weighted by molar-refractivity contribution is 5.85. The molecule has 0 aliphatic rings. The summed E-state index contributed by atoms with van der Waals surface area (Å²) in [5.41, 5.74) is 8.03. The first-order valence-electron chi connectivity index (χ1n) is 5.73. The number of methoxy groups -OCH3 is 3. The molecule has 0 bridgehead atoms. The van der Waals surface area contributed by atoms with Gasteiger partial charge in [-0.1, -0.05) is 5.57 Å². The van der Waals surface area contributed by atoms with Gasteiger partial charge in [-0.2, -0.15) is 0 Å². The van der Waals surface area contributed by atoms with Gasteiger partial charge in [0, 0.05) is 18.2 Å². The number of ether oxygens (including phenoxy) is 3. The minimum atomic E-state index is -0.210. The molecule has 1 aromatic carbocycles. The Bertz CT molecular complexity index is 410. The summed E-state index contributed by atoms with van der Waals surface area (Å²) in [6.07, 6.45) is 0.680. The van der Waals surface area contributed by atoms with Gasteiger partial charge in [0.2, 0.25) is 0 Å². The first-order chi connectivity index (χ1) is 8.53. The Hall–Kier alpha value is -1.39. The monoisotopic (exact) mass is 287 g/mol. The van der Waals surface area contributed by atoms with E-state index in [-0.39, 0.29) is 18.4 Å². The van der Waals surface area contributed by atoms with Crippen molar-refractivity contribution in [2.75, 3.05) is 21.3 Å². The molecule has 1 rings (SSSR count). The van der Waals surface area contributed by atoms with Crippen LogP contribution >= 0.6 is 12.4 Å². The van der Waals surface area contributed by atoms with Crippen LogP contribution in [0.15, 0.2) is 24.3 Å². The summed E-state index contributed by atoms with van der Waals surface area (Å²) in [7, 11) is 4.80. The van der Waals surface area contributed by atoms with Crippen molar-refractivity contribution in [2.45, 2.75) is 19.4 Å². The van der Waals surface area contributed by atoms with Crippen molar-refractivity contribution in [1.29, 1.82) is 0 Å². The average molecular weight is 288 g/mol. The molecular weight excluding hydrogens is 266 g/mol. The van der Waals surface area contributed by atoms with Crippen molar-refractivity contribution in [3.63, 3.8) is 0 Å². The fraction of sp³-hybridized carbons (Fsp3) is 0.429. The maximum absolute atomic E-state index is 6.18. The molecule has 0 amide bonds. The SMILES string of the molecule is C=C(C)C[C@H](N)c1c(OC)cc(OC)cc1OC.Cl. The summed E-state index contributed by atoms with van der Waals surface area (Å²) in [5.74, 6) is 2.01. The Morgan fingerprint density at radius 1 is 1.16 bits per heavy atom. The minimum absolute atomic E-state index is 0. The molecule has 5 heteroatoms. The standard InChI is InChI=1S/C14H21NO3.ClH/c1-9(2)6-11(15)14-12(17-4)7-10(16-3)8-13(14)18-5;/h7-8,11H,1,6,15H2,2-5H3;1H/t11-;/m0./s1. The second kappa shape index (κ2) is 7.92. The van der Waals surface area contributed by atoms with Gasteiger partial charge in [-0.15, -0.1) is 19.0 Å². The van der Waals surface area contributed by atoms with Gasteiger partial charge in [0.05, 0.1) is 26.9 Å². The molecule has 0 radical (unpaired) electrons. The maximum Gasteiger partial charge on any atom is 0.131 e. The number of nitrogens with two attached hydrogens (primary N) is 1. The van der Waals surface area contributed by atoms with Crippen LogP contribution in [0.1, 0.15) is 24.9 Å². The average Bonchev–Trinajstić information content (AvgIpc) is 2.35. The number of hydrogen-bond acceptors (Lipinski definition) is 4. The molecule has 0 aliphatic carbocycles. The zero-order valence-electron chi connectivity index (χ0n) is 11.9. The molecule has 19 heavy (non-hydrogen) atoms. The molecule has 0 spiro atoms. The Labute approximate surface area is 120 Å². The van der Waals surface area contributed by atoms with E-state index in [1.54, 1.807) is 33.5 Å². The van der Waals surface area contributed by atoms with E-state index in [1.165, 1.54) is 0 Å². The van der Waals surface area contributed by atoms with Crippen molar-refractivity contribution < 1.29 is 14.2 Å². The van der Waals surface area contributed by atoms with Crippen LogP contribution in [0, 0.1) is 0 Å². The molecule has 0 heterocycles. The topological polar surface area (TPSA) is 53.7 Å². The van der Waals surface area contributed by atoms with Crippen LogP contribution in [0.4, 0.5) is 0 Å². The summed E-state index contributed by atoms with van der Waals surface area (Å²) in [6.45, 7) is 5.83. The summed E-state index contributed by atoms with van der Waals surface area (Å²) in [4.78, 5) is 0. The van der Waals surface area contributed by atoms with Gasteiger partial charge in [0.25, 0.3) is 0 Å². The van der Waals surface area contributed by atoms with Gasteiger partial charge in [-0.3, -0.25) is 0 Å². The maximum atomic E-state index is 6.18. The lowest BCUT2D eigenvalue weighted by molar-refractivity contribution is 0.364. The highest BCUT2D eigenvalue weighted by Crippen LogP contribution is 2.39. The van der Waals surface area contributed by atoms with Gasteiger partial charge in [0.15, 0.2) is 0 Å². The quantitative estimate of drug-likeness (QED) is 0.817. The first-order valence-corrected chi connectivity index (χ1v) is 5.73. The molecule has 4 nitrogen and oxygen atoms in total. The summed E-state index contributed by atoms with van der Waals surface area (Å²) >= 11 is 0.